The summed E-state index contributed by atoms with van der Waals surface area (Å²) in [6.07, 6.45) is 1.68. The van der Waals surface area contributed by atoms with Gasteiger partial charge in [0.2, 0.25) is 0 Å². The first kappa shape index (κ1) is 11.9. The van der Waals surface area contributed by atoms with E-state index >= 15 is 0 Å². The molecular formula is C10H22FN. The second-order valence-corrected chi connectivity index (χ2v) is 4.61. The average molecular weight is 175 g/mol. The Morgan fingerprint density at radius 1 is 1.33 bits per heavy atom. The molecule has 0 saturated carbocycles. The molecule has 1 unspecified atom stereocenters. The average Bonchev–Trinajstić information content (AvgIpc) is 1.84. The van der Waals surface area contributed by atoms with E-state index in [0.29, 0.717) is 12.8 Å². The van der Waals surface area contributed by atoms with Gasteiger partial charge in [0.05, 0.1) is 0 Å². The lowest BCUT2D eigenvalue weighted by atomic mass is 9.88. The van der Waals surface area contributed by atoms with E-state index in [9.17, 15) is 4.39 Å². The summed E-state index contributed by atoms with van der Waals surface area (Å²) in [4.78, 5) is 0. The maximum atomic E-state index is 13.2. The molecule has 0 bridgehead atoms. The summed E-state index contributed by atoms with van der Waals surface area (Å²) < 4.78 is 13.2. The predicted molar refractivity (Wildman–Crippen MR) is 52.1 cm³/mol. The highest BCUT2D eigenvalue weighted by atomic mass is 19.1. The van der Waals surface area contributed by atoms with Crippen molar-refractivity contribution >= 4 is 0 Å². The highest BCUT2D eigenvalue weighted by Gasteiger charge is 2.17. The molecule has 0 amide bonds. The molecule has 1 atom stereocenters. The van der Waals surface area contributed by atoms with Crippen LogP contribution in [0.15, 0.2) is 0 Å². The Hall–Kier alpha value is -0.110. The van der Waals surface area contributed by atoms with Gasteiger partial charge in [0.15, 0.2) is 0 Å². The fraction of sp³-hybridized carbons (Fsp3) is 1.00. The van der Waals surface area contributed by atoms with Crippen LogP contribution >= 0.6 is 0 Å². The van der Waals surface area contributed by atoms with Crippen LogP contribution in [0.3, 0.4) is 0 Å². The van der Waals surface area contributed by atoms with E-state index in [0.717, 1.165) is 13.0 Å². The van der Waals surface area contributed by atoms with Crippen molar-refractivity contribution in [3.8, 4) is 0 Å². The normalized spacial score (nSPS) is 14.8. The van der Waals surface area contributed by atoms with Gasteiger partial charge in [0.1, 0.15) is 6.17 Å². The van der Waals surface area contributed by atoms with Crippen LogP contribution in [-0.2, 0) is 0 Å². The Morgan fingerprint density at radius 3 is 2.33 bits per heavy atom. The van der Waals surface area contributed by atoms with Crippen LogP contribution in [0.5, 0.6) is 0 Å². The minimum Gasteiger partial charge on any atom is -0.320 e. The second kappa shape index (κ2) is 5.52. The third-order valence-electron chi connectivity index (χ3n) is 1.78. The van der Waals surface area contributed by atoms with E-state index in [1.807, 2.05) is 7.05 Å². The van der Waals surface area contributed by atoms with E-state index in [1.165, 1.54) is 0 Å². The minimum atomic E-state index is -0.627. The molecule has 0 radical (unpaired) electrons. The van der Waals surface area contributed by atoms with E-state index in [2.05, 4.69) is 26.1 Å². The Bertz CT molecular complexity index is 107. The lowest BCUT2D eigenvalue weighted by Gasteiger charge is -2.20. The first-order valence-corrected chi connectivity index (χ1v) is 4.74. The first-order chi connectivity index (χ1) is 5.45. The van der Waals surface area contributed by atoms with Crippen LogP contribution < -0.4 is 5.32 Å². The van der Waals surface area contributed by atoms with Gasteiger partial charge in [0, 0.05) is 0 Å². The van der Waals surface area contributed by atoms with Gasteiger partial charge < -0.3 is 5.32 Å². The minimum absolute atomic E-state index is 0.124. The summed E-state index contributed by atoms with van der Waals surface area (Å²) in [5.41, 5.74) is 0.124. The van der Waals surface area contributed by atoms with Crippen molar-refractivity contribution in [1.82, 2.24) is 5.32 Å². The van der Waals surface area contributed by atoms with Crippen molar-refractivity contribution in [3.05, 3.63) is 0 Å². The Kier molecular flexibility index (Phi) is 5.47. The number of hydrogen-bond acceptors (Lipinski definition) is 1. The maximum absolute atomic E-state index is 13.2. The molecule has 0 rings (SSSR count). The van der Waals surface area contributed by atoms with Crippen LogP contribution in [0.1, 0.15) is 40.0 Å². The first-order valence-electron chi connectivity index (χ1n) is 4.74. The van der Waals surface area contributed by atoms with Gasteiger partial charge in [-0.1, -0.05) is 20.8 Å². The van der Waals surface area contributed by atoms with Gasteiger partial charge in [-0.3, -0.25) is 0 Å². The molecular weight excluding hydrogens is 153 g/mol. The summed E-state index contributed by atoms with van der Waals surface area (Å²) in [7, 11) is 1.90. The molecule has 0 aliphatic rings. The smallest absolute Gasteiger partial charge is 0.101 e. The van der Waals surface area contributed by atoms with Gasteiger partial charge >= 0.3 is 0 Å². The molecule has 1 N–H and O–H groups in total. The third-order valence-corrected chi connectivity index (χ3v) is 1.78. The van der Waals surface area contributed by atoms with E-state index in [1.54, 1.807) is 0 Å². The van der Waals surface area contributed by atoms with Crippen molar-refractivity contribution in [2.75, 3.05) is 13.6 Å². The van der Waals surface area contributed by atoms with Gasteiger partial charge in [0.25, 0.3) is 0 Å². The summed E-state index contributed by atoms with van der Waals surface area (Å²) in [6.45, 7) is 7.16. The number of hydrogen-bond donors (Lipinski definition) is 1. The molecule has 0 spiro atoms. The van der Waals surface area contributed by atoms with Gasteiger partial charge in [-0.15, -0.1) is 0 Å². The van der Waals surface area contributed by atoms with Crippen LogP contribution in [0, 0.1) is 5.41 Å². The van der Waals surface area contributed by atoms with Crippen molar-refractivity contribution in [3.63, 3.8) is 0 Å². The third kappa shape index (κ3) is 7.99. The molecule has 2 heteroatoms. The zero-order valence-electron chi connectivity index (χ0n) is 8.78. The van der Waals surface area contributed by atoms with Crippen LogP contribution in [0.25, 0.3) is 0 Å². The van der Waals surface area contributed by atoms with Gasteiger partial charge in [-0.05, 0) is 38.3 Å². The molecule has 0 heterocycles. The molecule has 74 valence electrons. The molecule has 0 aromatic rings. The Morgan fingerprint density at radius 2 is 1.92 bits per heavy atom. The highest BCUT2D eigenvalue weighted by Crippen LogP contribution is 2.24. The largest absolute Gasteiger partial charge is 0.320 e. The SMILES string of the molecule is CNCCCC(F)CC(C)(C)C. The van der Waals surface area contributed by atoms with Crippen LogP contribution in [-0.4, -0.2) is 19.8 Å². The topological polar surface area (TPSA) is 12.0 Å². The molecule has 1 nitrogen and oxygen atoms in total. The molecule has 12 heavy (non-hydrogen) atoms. The summed E-state index contributed by atoms with van der Waals surface area (Å²) in [5.74, 6) is 0. The summed E-state index contributed by atoms with van der Waals surface area (Å²) >= 11 is 0. The molecule has 0 aliphatic carbocycles. The number of nitrogens with one attached hydrogen (secondary N) is 1. The van der Waals surface area contributed by atoms with Gasteiger partial charge in [-0.2, -0.15) is 0 Å². The maximum Gasteiger partial charge on any atom is 0.101 e. The van der Waals surface area contributed by atoms with E-state index < -0.39 is 6.17 Å². The Balaban J connectivity index is 3.40. The molecule has 0 aromatic carbocycles. The Labute approximate surface area is 75.7 Å². The monoisotopic (exact) mass is 175 g/mol. The second-order valence-electron chi connectivity index (χ2n) is 4.61. The number of alkyl halides is 1. The summed E-state index contributed by atoms with van der Waals surface area (Å²) in [6, 6.07) is 0. The van der Waals surface area contributed by atoms with Crippen LogP contribution in [0.4, 0.5) is 4.39 Å². The lowest BCUT2D eigenvalue weighted by molar-refractivity contribution is 0.210. The van der Waals surface area contributed by atoms with E-state index in [-0.39, 0.29) is 5.41 Å². The van der Waals surface area contributed by atoms with Crippen LogP contribution in [0.2, 0.25) is 0 Å². The fourth-order valence-electron chi connectivity index (χ4n) is 1.27. The zero-order chi connectivity index (χ0) is 9.61. The standard InChI is InChI=1S/C10H22FN/c1-10(2,3)8-9(11)6-5-7-12-4/h9,12H,5-8H2,1-4H3. The van der Waals surface area contributed by atoms with Crippen molar-refractivity contribution in [2.24, 2.45) is 5.41 Å². The fourth-order valence-corrected chi connectivity index (χ4v) is 1.27. The van der Waals surface area contributed by atoms with Crippen molar-refractivity contribution in [2.45, 2.75) is 46.2 Å². The van der Waals surface area contributed by atoms with Crippen molar-refractivity contribution in [1.29, 1.82) is 0 Å². The molecule has 0 saturated heterocycles. The molecule has 0 aliphatic heterocycles. The van der Waals surface area contributed by atoms with Crippen molar-refractivity contribution < 1.29 is 4.39 Å². The lowest BCUT2D eigenvalue weighted by Crippen LogP contribution is -2.16. The molecule has 0 aromatic heterocycles. The molecule has 0 fully saturated rings. The predicted octanol–water partition coefficient (Wildman–Crippen LogP) is 2.76. The van der Waals surface area contributed by atoms with Gasteiger partial charge in [-0.25, -0.2) is 4.39 Å². The van der Waals surface area contributed by atoms with E-state index in [4.69, 9.17) is 0 Å². The quantitative estimate of drug-likeness (QED) is 0.633. The summed E-state index contributed by atoms with van der Waals surface area (Å²) in [5, 5.41) is 3.02. The highest BCUT2D eigenvalue weighted by molar-refractivity contribution is 4.68. The number of halogens is 1. The zero-order valence-corrected chi connectivity index (χ0v) is 8.78. The number of rotatable bonds is 5.